The summed E-state index contributed by atoms with van der Waals surface area (Å²) in [6.45, 7) is 19.8. The molecule has 0 bridgehead atoms. The van der Waals surface area contributed by atoms with Crippen molar-refractivity contribution in [2.75, 3.05) is 13.7 Å². The number of hydrogen-bond acceptors (Lipinski definition) is 4. The van der Waals surface area contributed by atoms with Gasteiger partial charge in [0.15, 0.2) is 0 Å². The largest absolute Gasteiger partial charge is 0.373 e. The molecule has 0 aromatic rings. The number of nitrogens with zero attached hydrogens (tertiary/aromatic N) is 1. The Morgan fingerprint density at radius 3 is 1.80 bits per heavy atom. The van der Waals surface area contributed by atoms with Crippen LogP contribution in [0.3, 0.4) is 0 Å². The molecule has 4 unspecified atom stereocenters. The maximum atomic E-state index is 12.6. The fraction of sp³-hybridized carbons (Fsp3) is 0.941. The van der Waals surface area contributed by atoms with Crippen LogP contribution in [0.15, 0.2) is 0 Å². The molecule has 0 rings (SSSR count). The average molecular weight is 569 g/mol. The lowest BCUT2D eigenvalue weighted by Gasteiger charge is -2.39. The van der Waals surface area contributed by atoms with Crippen LogP contribution in [0.2, 0.25) is 0 Å². The molecule has 1 N–H and O–H groups in total. The third-order valence-electron chi connectivity index (χ3n) is 8.58. The van der Waals surface area contributed by atoms with E-state index in [1.165, 1.54) is 38.5 Å². The minimum absolute atomic E-state index is 0.00848. The monoisotopic (exact) mass is 569 g/mol. The first-order chi connectivity index (χ1) is 18.8. The fourth-order valence-corrected chi connectivity index (χ4v) is 5.39. The summed E-state index contributed by atoms with van der Waals surface area (Å²) in [7, 11) is 1.90. The summed E-state index contributed by atoms with van der Waals surface area (Å²) in [6, 6.07) is 0.0944. The van der Waals surface area contributed by atoms with Gasteiger partial charge in [-0.2, -0.15) is 0 Å². The summed E-state index contributed by atoms with van der Waals surface area (Å²) in [5, 5.41) is 3.19. The highest BCUT2D eigenvalue weighted by Gasteiger charge is 2.33. The van der Waals surface area contributed by atoms with Crippen LogP contribution in [0.5, 0.6) is 0 Å². The molecular formula is C34H68N2O4. The second-order valence-corrected chi connectivity index (χ2v) is 12.9. The minimum atomic E-state index is -0.329. The molecular weight excluding hydrogens is 500 g/mol. The predicted molar refractivity (Wildman–Crippen MR) is 170 cm³/mol. The van der Waals surface area contributed by atoms with E-state index in [2.05, 4.69) is 67.6 Å². The molecule has 0 radical (unpaired) electrons. The van der Waals surface area contributed by atoms with Gasteiger partial charge in [0.1, 0.15) is 0 Å². The van der Waals surface area contributed by atoms with Gasteiger partial charge in [-0.25, -0.2) is 0 Å². The number of hydrogen-bond donors (Lipinski definition) is 1. The summed E-state index contributed by atoms with van der Waals surface area (Å²) >= 11 is 0. The lowest BCUT2D eigenvalue weighted by molar-refractivity contribution is -0.142. The molecule has 6 nitrogen and oxygen atoms in total. The highest BCUT2D eigenvalue weighted by Crippen LogP contribution is 2.30. The van der Waals surface area contributed by atoms with Crippen LogP contribution in [0, 0.1) is 0 Å². The molecule has 0 aromatic carbocycles. The number of unbranched alkanes of at least 4 members (excludes halogenated alkanes) is 8. The van der Waals surface area contributed by atoms with Crippen molar-refractivity contribution in [3.63, 3.8) is 0 Å². The molecule has 40 heavy (non-hydrogen) atoms. The maximum Gasteiger partial charge on any atom is 0.222 e. The van der Waals surface area contributed by atoms with Crippen molar-refractivity contribution in [3.05, 3.63) is 0 Å². The first-order valence-electron chi connectivity index (χ1n) is 16.7. The normalized spacial score (nSPS) is 16.9. The summed E-state index contributed by atoms with van der Waals surface area (Å²) in [5.41, 5.74) is -0.650. The zero-order valence-corrected chi connectivity index (χ0v) is 28.3. The van der Waals surface area contributed by atoms with Crippen molar-refractivity contribution >= 4 is 11.8 Å². The molecule has 0 aliphatic carbocycles. The summed E-state index contributed by atoms with van der Waals surface area (Å²) in [6.07, 6.45) is 16.1. The van der Waals surface area contributed by atoms with Gasteiger partial charge in [0.25, 0.3) is 0 Å². The fourth-order valence-electron chi connectivity index (χ4n) is 5.39. The van der Waals surface area contributed by atoms with Crippen molar-refractivity contribution in [1.82, 2.24) is 10.2 Å². The van der Waals surface area contributed by atoms with E-state index in [0.29, 0.717) is 19.4 Å². The lowest BCUT2D eigenvalue weighted by Crippen LogP contribution is -2.44. The number of nitrogens with one attached hydrogen (secondary N) is 1. The third kappa shape index (κ3) is 17.6. The molecule has 0 fully saturated rings. The predicted octanol–water partition coefficient (Wildman–Crippen LogP) is 8.60. The van der Waals surface area contributed by atoms with E-state index in [1.807, 2.05) is 11.9 Å². The van der Waals surface area contributed by atoms with Crippen LogP contribution >= 0.6 is 0 Å². The molecule has 6 heteroatoms. The highest BCUT2D eigenvalue weighted by molar-refractivity contribution is 5.76. The molecule has 0 aliphatic heterocycles. The Labute approximate surface area is 249 Å². The van der Waals surface area contributed by atoms with Crippen molar-refractivity contribution in [2.24, 2.45) is 0 Å². The molecule has 5 atom stereocenters. The Morgan fingerprint density at radius 1 is 0.750 bits per heavy atom. The average Bonchev–Trinajstić information content (AvgIpc) is 2.90. The quantitative estimate of drug-likeness (QED) is 0.112. The third-order valence-corrected chi connectivity index (χ3v) is 8.58. The van der Waals surface area contributed by atoms with Crippen LogP contribution < -0.4 is 5.32 Å². The molecule has 238 valence electrons. The van der Waals surface area contributed by atoms with Gasteiger partial charge in [0.05, 0.1) is 30.0 Å². The minimum Gasteiger partial charge on any atom is -0.373 e. The van der Waals surface area contributed by atoms with E-state index in [-0.39, 0.29) is 41.2 Å². The van der Waals surface area contributed by atoms with Crippen molar-refractivity contribution < 1.29 is 19.1 Å². The van der Waals surface area contributed by atoms with Gasteiger partial charge in [0, 0.05) is 32.4 Å². The maximum absolute atomic E-state index is 12.6. The molecule has 0 aliphatic rings. The topological polar surface area (TPSA) is 67.9 Å². The Bertz CT molecular complexity index is 672. The second-order valence-electron chi connectivity index (χ2n) is 12.9. The zero-order valence-electron chi connectivity index (χ0n) is 28.3. The molecule has 2 amide bonds. The standard InChI is InChI=1S/C34H68N2O4/c1-11-15-17-19-21-23-31(37)35-28(5)25-34(9,14-4)40-30(7)26-33(8,13-3)39-27-29(6)36(10)32(38)24-22-20-18-16-12-2/h28-30H,11-27H2,1-10H3,(H,35,37)/t28?,29?,30?,33-,34?/m1/s1. The van der Waals surface area contributed by atoms with E-state index in [0.717, 1.165) is 51.4 Å². The van der Waals surface area contributed by atoms with Crippen molar-refractivity contribution in [3.8, 4) is 0 Å². The van der Waals surface area contributed by atoms with Gasteiger partial charge in [-0.15, -0.1) is 0 Å². The number of carbonyl (C=O) groups is 2. The number of amides is 2. The molecule has 0 aromatic heterocycles. The van der Waals surface area contributed by atoms with E-state index < -0.39 is 0 Å². The zero-order chi connectivity index (χ0) is 30.6. The number of likely N-dealkylation sites (N-methyl/N-ethyl adjacent to an activating group) is 1. The summed E-state index contributed by atoms with van der Waals surface area (Å²) < 4.78 is 13.1. The number of rotatable bonds is 25. The molecule has 0 saturated heterocycles. The Kier molecular flexibility index (Phi) is 20.9. The Hall–Kier alpha value is -1.14. The first kappa shape index (κ1) is 38.9. The smallest absolute Gasteiger partial charge is 0.222 e. The van der Waals surface area contributed by atoms with Crippen LogP contribution in [0.4, 0.5) is 0 Å². The van der Waals surface area contributed by atoms with Gasteiger partial charge in [0.2, 0.25) is 11.8 Å². The number of ether oxygens (including phenoxy) is 2. The number of carbonyl (C=O) groups excluding carboxylic acids is 2. The Morgan fingerprint density at radius 2 is 1.27 bits per heavy atom. The molecule has 0 spiro atoms. The molecule has 0 saturated carbocycles. The van der Waals surface area contributed by atoms with Crippen molar-refractivity contribution in [2.45, 2.75) is 194 Å². The highest BCUT2D eigenvalue weighted by atomic mass is 16.5. The van der Waals surface area contributed by atoms with E-state index in [4.69, 9.17) is 9.47 Å². The second kappa shape index (κ2) is 21.5. The van der Waals surface area contributed by atoms with Crippen LogP contribution in [0.1, 0.15) is 165 Å². The van der Waals surface area contributed by atoms with E-state index in [9.17, 15) is 9.59 Å². The van der Waals surface area contributed by atoms with E-state index in [1.54, 1.807) is 0 Å². The van der Waals surface area contributed by atoms with Gasteiger partial charge in [-0.3, -0.25) is 9.59 Å². The summed E-state index contributed by atoms with van der Waals surface area (Å²) in [4.78, 5) is 26.9. The lowest BCUT2D eigenvalue weighted by atomic mass is 9.92. The SMILES string of the molecule is CCCCCCCC(=O)NC(C)CC(C)(CC)OC(C)C[C@@](C)(CC)OCC(C)N(C)C(=O)CCCCCCC. The van der Waals surface area contributed by atoms with Crippen LogP contribution in [-0.4, -0.2) is 59.8 Å². The first-order valence-corrected chi connectivity index (χ1v) is 16.7. The molecule has 0 heterocycles. The van der Waals surface area contributed by atoms with Gasteiger partial charge >= 0.3 is 0 Å². The van der Waals surface area contributed by atoms with Gasteiger partial charge in [-0.05, 0) is 66.7 Å². The van der Waals surface area contributed by atoms with Crippen LogP contribution in [0.25, 0.3) is 0 Å². The van der Waals surface area contributed by atoms with Gasteiger partial charge in [-0.1, -0.05) is 79.1 Å². The van der Waals surface area contributed by atoms with E-state index >= 15 is 0 Å². The van der Waals surface area contributed by atoms with Crippen LogP contribution in [-0.2, 0) is 19.1 Å². The van der Waals surface area contributed by atoms with Crippen molar-refractivity contribution in [1.29, 1.82) is 0 Å². The van der Waals surface area contributed by atoms with Gasteiger partial charge < -0.3 is 19.7 Å². The summed E-state index contributed by atoms with van der Waals surface area (Å²) in [5.74, 6) is 0.357. The Balaban J connectivity index is 4.72.